The van der Waals surface area contributed by atoms with Crippen LogP contribution in [0.5, 0.6) is 0 Å². The standard InChI is InChI=1S/C17H22N2O/c1-2-17(20)19-15-8-9-16(19)13-18(12-15)11-10-14-6-4-3-5-7-14/h3-7,10-11,15-16H,2,8-9,12-13H2,1H3/b11-10+. The summed E-state index contributed by atoms with van der Waals surface area (Å²) >= 11 is 0. The van der Waals surface area contributed by atoms with Gasteiger partial charge in [-0.05, 0) is 30.7 Å². The lowest BCUT2D eigenvalue weighted by Crippen LogP contribution is -2.54. The lowest BCUT2D eigenvalue weighted by Gasteiger charge is -2.40. The highest BCUT2D eigenvalue weighted by molar-refractivity contribution is 5.77. The molecule has 2 aliphatic rings. The first-order valence-electron chi connectivity index (χ1n) is 7.56. The zero-order valence-electron chi connectivity index (χ0n) is 12.0. The highest BCUT2D eigenvalue weighted by atomic mass is 16.2. The van der Waals surface area contributed by atoms with Crippen molar-refractivity contribution >= 4 is 12.0 Å². The third-order valence-electron chi connectivity index (χ3n) is 4.38. The highest BCUT2D eigenvalue weighted by Gasteiger charge is 2.40. The van der Waals surface area contributed by atoms with E-state index in [0.717, 1.165) is 25.9 Å². The molecule has 2 bridgehead atoms. The molecule has 2 atom stereocenters. The quantitative estimate of drug-likeness (QED) is 0.843. The van der Waals surface area contributed by atoms with Crippen LogP contribution in [0, 0.1) is 0 Å². The second kappa shape index (κ2) is 5.70. The highest BCUT2D eigenvalue weighted by Crippen LogP contribution is 2.30. The van der Waals surface area contributed by atoms with Crippen molar-refractivity contribution in [1.29, 1.82) is 0 Å². The summed E-state index contributed by atoms with van der Waals surface area (Å²) in [5, 5.41) is 0. The van der Waals surface area contributed by atoms with Gasteiger partial charge < -0.3 is 9.80 Å². The Balaban J connectivity index is 1.66. The SMILES string of the molecule is CCC(=O)N1C2CCC1CN(/C=C/c1ccccc1)C2. The number of benzene rings is 1. The molecule has 2 fully saturated rings. The van der Waals surface area contributed by atoms with Gasteiger partial charge >= 0.3 is 0 Å². The second-order valence-corrected chi connectivity index (χ2v) is 5.72. The fourth-order valence-corrected chi connectivity index (χ4v) is 3.40. The zero-order chi connectivity index (χ0) is 13.9. The van der Waals surface area contributed by atoms with Crippen molar-refractivity contribution in [3.63, 3.8) is 0 Å². The van der Waals surface area contributed by atoms with Crippen LogP contribution in [0.1, 0.15) is 31.7 Å². The van der Waals surface area contributed by atoms with E-state index in [1.165, 1.54) is 5.56 Å². The van der Waals surface area contributed by atoms with E-state index in [2.05, 4.69) is 46.3 Å². The molecule has 20 heavy (non-hydrogen) atoms. The van der Waals surface area contributed by atoms with Gasteiger partial charge in [-0.25, -0.2) is 0 Å². The van der Waals surface area contributed by atoms with E-state index in [1.54, 1.807) is 0 Å². The minimum absolute atomic E-state index is 0.323. The lowest BCUT2D eigenvalue weighted by molar-refractivity contribution is -0.136. The van der Waals surface area contributed by atoms with Gasteiger partial charge in [-0.3, -0.25) is 4.79 Å². The molecule has 2 heterocycles. The molecule has 3 nitrogen and oxygen atoms in total. The summed E-state index contributed by atoms with van der Waals surface area (Å²) in [5.41, 5.74) is 1.23. The van der Waals surface area contributed by atoms with Gasteiger partial charge in [0.05, 0.1) is 0 Å². The Hall–Kier alpha value is -1.77. The number of hydrogen-bond acceptors (Lipinski definition) is 2. The van der Waals surface area contributed by atoms with Crippen molar-refractivity contribution in [2.75, 3.05) is 13.1 Å². The summed E-state index contributed by atoms with van der Waals surface area (Å²) < 4.78 is 0. The Bertz CT molecular complexity index is 483. The molecule has 0 aliphatic carbocycles. The molecule has 3 heteroatoms. The van der Waals surface area contributed by atoms with Crippen molar-refractivity contribution in [3.8, 4) is 0 Å². The molecule has 3 rings (SSSR count). The van der Waals surface area contributed by atoms with Crippen LogP contribution >= 0.6 is 0 Å². The van der Waals surface area contributed by atoms with E-state index in [0.29, 0.717) is 24.4 Å². The van der Waals surface area contributed by atoms with Crippen LogP contribution in [-0.4, -0.2) is 40.9 Å². The number of fused-ring (bicyclic) bond motifs is 2. The van der Waals surface area contributed by atoms with Crippen LogP contribution < -0.4 is 0 Å². The van der Waals surface area contributed by atoms with Crippen molar-refractivity contribution in [2.24, 2.45) is 0 Å². The van der Waals surface area contributed by atoms with Gasteiger partial charge in [0, 0.05) is 31.6 Å². The van der Waals surface area contributed by atoms with E-state index < -0.39 is 0 Å². The van der Waals surface area contributed by atoms with Gasteiger partial charge in [0.25, 0.3) is 0 Å². The Morgan fingerprint density at radius 1 is 1.20 bits per heavy atom. The number of carbonyl (C=O) groups excluding carboxylic acids is 1. The first kappa shape index (κ1) is 13.2. The largest absolute Gasteiger partial charge is 0.373 e. The summed E-state index contributed by atoms with van der Waals surface area (Å²) in [6.07, 6.45) is 7.30. The van der Waals surface area contributed by atoms with Crippen molar-refractivity contribution < 1.29 is 4.79 Å². The van der Waals surface area contributed by atoms with E-state index in [-0.39, 0.29) is 0 Å². The molecule has 106 valence electrons. The lowest BCUT2D eigenvalue weighted by atomic mass is 10.1. The molecule has 1 aromatic rings. The van der Waals surface area contributed by atoms with Crippen molar-refractivity contribution in [3.05, 3.63) is 42.1 Å². The monoisotopic (exact) mass is 270 g/mol. The number of piperazine rings is 1. The Morgan fingerprint density at radius 2 is 1.85 bits per heavy atom. The van der Waals surface area contributed by atoms with Gasteiger partial charge in [-0.1, -0.05) is 37.3 Å². The van der Waals surface area contributed by atoms with Gasteiger partial charge in [0.15, 0.2) is 0 Å². The normalized spacial score (nSPS) is 25.4. The van der Waals surface area contributed by atoms with Crippen LogP contribution in [-0.2, 0) is 4.79 Å². The van der Waals surface area contributed by atoms with Crippen LogP contribution in [0.3, 0.4) is 0 Å². The summed E-state index contributed by atoms with van der Waals surface area (Å²) in [4.78, 5) is 16.5. The maximum absolute atomic E-state index is 12.0. The predicted molar refractivity (Wildman–Crippen MR) is 81.0 cm³/mol. The minimum Gasteiger partial charge on any atom is -0.373 e. The third-order valence-corrected chi connectivity index (χ3v) is 4.38. The molecule has 0 spiro atoms. The number of rotatable bonds is 3. The molecule has 0 aromatic heterocycles. The molecule has 0 saturated carbocycles. The average Bonchev–Trinajstić information content (AvgIpc) is 2.76. The van der Waals surface area contributed by atoms with Crippen LogP contribution in [0.25, 0.3) is 6.08 Å². The van der Waals surface area contributed by atoms with E-state index >= 15 is 0 Å². The smallest absolute Gasteiger partial charge is 0.222 e. The number of nitrogens with zero attached hydrogens (tertiary/aromatic N) is 2. The fourth-order valence-electron chi connectivity index (χ4n) is 3.40. The molecule has 1 aromatic carbocycles. The van der Waals surface area contributed by atoms with Crippen LogP contribution in [0.4, 0.5) is 0 Å². The molecule has 2 unspecified atom stereocenters. The van der Waals surface area contributed by atoms with Gasteiger partial charge in [0.1, 0.15) is 0 Å². The molecular formula is C17H22N2O. The van der Waals surface area contributed by atoms with Crippen molar-refractivity contribution in [1.82, 2.24) is 9.80 Å². The van der Waals surface area contributed by atoms with E-state index in [1.807, 2.05) is 13.0 Å². The summed E-state index contributed by atoms with van der Waals surface area (Å²) in [5.74, 6) is 0.323. The average molecular weight is 270 g/mol. The first-order chi connectivity index (χ1) is 9.78. The minimum atomic E-state index is 0.323. The predicted octanol–water partition coefficient (Wildman–Crippen LogP) is 2.74. The van der Waals surface area contributed by atoms with Gasteiger partial charge in [0.2, 0.25) is 5.91 Å². The second-order valence-electron chi connectivity index (χ2n) is 5.72. The first-order valence-corrected chi connectivity index (χ1v) is 7.56. The molecule has 2 aliphatic heterocycles. The van der Waals surface area contributed by atoms with Gasteiger partial charge in [-0.15, -0.1) is 0 Å². The number of amides is 1. The number of carbonyl (C=O) groups is 1. The van der Waals surface area contributed by atoms with Crippen LogP contribution in [0.2, 0.25) is 0 Å². The summed E-state index contributed by atoms with van der Waals surface area (Å²) in [6.45, 7) is 3.92. The molecule has 0 radical (unpaired) electrons. The van der Waals surface area contributed by atoms with Crippen molar-refractivity contribution in [2.45, 2.75) is 38.3 Å². The van der Waals surface area contributed by atoms with E-state index in [4.69, 9.17) is 0 Å². The molecule has 1 amide bonds. The van der Waals surface area contributed by atoms with Gasteiger partial charge in [-0.2, -0.15) is 0 Å². The third kappa shape index (κ3) is 2.58. The molecule has 0 N–H and O–H groups in total. The zero-order valence-corrected chi connectivity index (χ0v) is 12.0. The number of likely N-dealkylation sites (tertiary alicyclic amines) is 1. The topological polar surface area (TPSA) is 23.6 Å². The van der Waals surface area contributed by atoms with E-state index in [9.17, 15) is 4.79 Å². The Labute approximate surface area is 120 Å². The molecule has 2 saturated heterocycles. The fraction of sp³-hybridized carbons (Fsp3) is 0.471. The summed E-state index contributed by atoms with van der Waals surface area (Å²) in [7, 11) is 0. The Kier molecular flexibility index (Phi) is 3.77. The summed E-state index contributed by atoms with van der Waals surface area (Å²) in [6, 6.07) is 11.2. The maximum atomic E-state index is 12.0. The molecular weight excluding hydrogens is 248 g/mol. The Morgan fingerprint density at radius 3 is 2.45 bits per heavy atom. The number of hydrogen-bond donors (Lipinski definition) is 0. The maximum Gasteiger partial charge on any atom is 0.222 e. The van der Waals surface area contributed by atoms with Crippen LogP contribution in [0.15, 0.2) is 36.5 Å².